The second-order valence-electron chi connectivity index (χ2n) is 8.09. The summed E-state index contributed by atoms with van der Waals surface area (Å²) < 4.78 is 5.29. The molecule has 0 radical (unpaired) electrons. The number of pyridine rings is 1. The van der Waals surface area contributed by atoms with Crippen molar-refractivity contribution in [1.29, 1.82) is 0 Å². The number of ether oxygens (including phenoxy) is 1. The standard InChI is InChI=1S/C28H22ClN3O2S/c1-16-8-11-19(14-22(16)29)31-27(33)26-25(30)24-21(17-6-4-3-5-7-17)15-23(32-28(24)35-26)18-9-12-20(34-2)13-10-18/h3-15H,30H2,1-2H3,(H,31,33). The highest BCUT2D eigenvalue weighted by Crippen LogP contribution is 2.41. The molecule has 0 bridgehead atoms. The number of hydrogen-bond donors (Lipinski definition) is 2. The van der Waals surface area contributed by atoms with Crippen molar-refractivity contribution in [3.05, 3.63) is 94.3 Å². The Morgan fingerprint density at radius 2 is 1.74 bits per heavy atom. The number of methoxy groups -OCH3 is 1. The number of nitrogen functional groups attached to an aromatic ring is 1. The van der Waals surface area contributed by atoms with E-state index in [-0.39, 0.29) is 5.91 Å². The van der Waals surface area contributed by atoms with Gasteiger partial charge in [0.1, 0.15) is 15.5 Å². The van der Waals surface area contributed by atoms with Crippen LogP contribution in [0.2, 0.25) is 5.02 Å². The number of fused-ring (bicyclic) bond motifs is 1. The number of hydrogen-bond acceptors (Lipinski definition) is 5. The van der Waals surface area contributed by atoms with Crippen LogP contribution in [0.4, 0.5) is 11.4 Å². The van der Waals surface area contributed by atoms with Crippen molar-refractivity contribution in [1.82, 2.24) is 4.98 Å². The van der Waals surface area contributed by atoms with Gasteiger partial charge in [-0.3, -0.25) is 4.79 Å². The highest BCUT2D eigenvalue weighted by atomic mass is 35.5. The fourth-order valence-electron chi connectivity index (χ4n) is 3.90. The lowest BCUT2D eigenvalue weighted by Crippen LogP contribution is -2.12. The number of carbonyl (C=O) groups is 1. The third kappa shape index (κ3) is 4.46. The number of anilines is 2. The fraction of sp³-hybridized carbons (Fsp3) is 0.0714. The number of benzene rings is 3. The normalized spacial score (nSPS) is 10.9. The van der Waals surface area contributed by atoms with E-state index in [0.717, 1.165) is 39.1 Å². The lowest BCUT2D eigenvalue weighted by molar-refractivity contribution is 0.103. The van der Waals surface area contributed by atoms with E-state index in [1.54, 1.807) is 13.2 Å². The molecule has 7 heteroatoms. The van der Waals surface area contributed by atoms with Crippen LogP contribution in [0.3, 0.4) is 0 Å². The molecular weight excluding hydrogens is 478 g/mol. The highest BCUT2D eigenvalue weighted by Gasteiger charge is 2.22. The number of aryl methyl sites for hydroxylation is 1. The van der Waals surface area contributed by atoms with Gasteiger partial charge in [-0.25, -0.2) is 4.98 Å². The van der Waals surface area contributed by atoms with Crippen molar-refractivity contribution in [3.63, 3.8) is 0 Å². The van der Waals surface area contributed by atoms with E-state index in [9.17, 15) is 4.79 Å². The van der Waals surface area contributed by atoms with Crippen LogP contribution in [0, 0.1) is 6.92 Å². The molecular formula is C28H22ClN3O2S. The molecule has 0 unspecified atom stereocenters. The molecule has 2 aromatic heterocycles. The van der Waals surface area contributed by atoms with E-state index in [2.05, 4.69) is 5.32 Å². The van der Waals surface area contributed by atoms with Gasteiger partial charge in [-0.2, -0.15) is 0 Å². The van der Waals surface area contributed by atoms with Gasteiger partial charge in [-0.05, 0) is 66.1 Å². The summed E-state index contributed by atoms with van der Waals surface area (Å²) in [5, 5.41) is 4.27. The van der Waals surface area contributed by atoms with Gasteiger partial charge in [0.15, 0.2) is 0 Å². The van der Waals surface area contributed by atoms with Gasteiger partial charge in [0, 0.05) is 21.7 Å². The minimum Gasteiger partial charge on any atom is -0.497 e. The number of carbonyl (C=O) groups excluding carboxylic acids is 1. The summed E-state index contributed by atoms with van der Waals surface area (Å²) in [7, 11) is 1.64. The zero-order valence-corrected chi connectivity index (χ0v) is 20.7. The summed E-state index contributed by atoms with van der Waals surface area (Å²) in [5.74, 6) is 0.476. The van der Waals surface area contributed by atoms with Crippen LogP contribution in [0.1, 0.15) is 15.2 Å². The van der Waals surface area contributed by atoms with Gasteiger partial charge in [0.25, 0.3) is 5.91 Å². The van der Waals surface area contributed by atoms with Crippen molar-refractivity contribution >= 4 is 50.4 Å². The predicted octanol–water partition coefficient (Wildman–Crippen LogP) is 7.44. The van der Waals surface area contributed by atoms with Gasteiger partial charge in [-0.1, -0.05) is 48.0 Å². The Kier molecular flexibility index (Phi) is 6.16. The van der Waals surface area contributed by atoms with Crippen LogP contribution in [0.15, 0.2) is 78.9 Å². The first-order valence-corrected chi connectivity index (χ1v) is 12.1. The molecule has 5 aromatic rings. The third-order valence-electron chi connectivity index (χ3n) is 5.81. The first-order chi connectivity index (χ1) is 16.9. The molecule has 1 amide bonds. The van der Waals surface area contributed by atoms with Crippen molar-refractivity contribution in [2.75, 3.05) is 18.2 Å². The van der Waals surface area contributed by atoms with E-state index in [1.807, 2.05) is 79.7 Å². The van der Waals surface area contributed by atoms with Gasteiger partial charge in [0.2, 0.25) is 0 Å². The second-order valence-corrected chi connectivity index (χ2v) is 9.50. The van der Waals surface area contributed by atoms with Crippen LogP contribution in [-0.2, 0) is 0 Å². The van der Waals surface area contributed by atoms with Crippen LogP contribution < -0.4 is 15.8 Å². The van der Waals surface area contributed by atoms with Crippen LogP contribution in [0.5, 0.6) is 5.75 Å². The molecule has 0 saturated heterocycles. The molecule has 0 aliphatic rings. The zero-order valence-electron chi connectivity index (χ0n) is 19.1. The van der Waals surface area contributed by atoms with Crippen LogP contribution in [-0.4, -0.2) is 18.0 Å². The van der Waals surface area contributed by atoms with Crippen LogP contribution in [0.25, 0.3) is 32.6 Å². The molecule has 0 aliphatic heterocycles. The Balaban J connectivity index is 1.63. The quantitative estimate of drug-likeness (QED) is 0.263. The molecule has 2 heterocycles. The molecule has 3 N–H and O–H groups in total. The van der Waals surface area contributed by atoms with Crippen LogP contribution >= 0.6 is 22.9 Å². The highest BCUT2D eigenvalue weighted by molar-refractivity contribution is 7.21. The number of nitrogens with zero attached hydrogens (tertiary/aromatic N) is 1. The zero-order chi connectivity index (χ0) is 24.5. The van der Waals surface area contributed by atoms with Gasteiger partial charge in [0.05, 0.1) is 18.5 Å². The summed E-state index contributed by atoms with van der Waals surface area (Å²) in [5.41, 5.74) is 12.2. The monoisotopic (exact) mass is 499 g/mol. The smallest absolute Gasteiger partial charge is 0.267 e. The molecule has 0 fully saturated rings. The molecule has 5 nitrogen and oxygen atoms in total. The Labute approximate surface area is 212 Å². The van der Waals surface area contributed by atoms with Crippen molar-refractivity contribution in [2.24, 2.45) is 0 Å². The van der Waals surface area contributed by atoms with Gasteiger partial charge in [-0.15, -0.1) is 11.3 Å². The Bertz CT molecular complexity index is 1550. The maximum atomic E-state index is 13.2. The summed E-state index contributed by atoms with van der Waals surface area (Å²) in [6.07, 6.45) is 0. The van der Waals surface area contributed by atoms with Gasteiger partial charge < -0.3 is 15.8 Å². The summed E-state index contributed by atoms with van der Waals surface area (Å²) in [6.45, 7) is 1.91. The minimum atomic E-state index is -0.296. The molecule has 0 spiro atoms. The molecule has 5 rings (SSSR count). The summed E-state index contributed by atoms with van der Waals surface area (Å²) in [6, 6.07) is 25.1. The molecule has 0 atom stereocenters. The fourth-order valence-corrected chi connectivity index (χ4v) is 5.10. The topological polar surface area (TPSA) is 77.2 Å². The van der Waals surface area contributed by atoms with E-state index in [0.29, 0.717) is 26.1 Å². The maximum absolute atomic E-state index is 13.2. The number of halogens is 1. The number of amides is 1. The molecule has 3 aromatic carbocycles. The minimum absolute atomic E-state index is 0.296. The van der Waals surface area contributed by atoms with Crippen molar-refractivity contribution in [2.45, 2.75) is 6.92 Å². The first kappa shape index (κ1) is 22.9. The van der Waals surface area contributed by atoms with E-state index in [1.165, 1.54) is 11.3 Å². The van der Waals surface area contributed by atoms with E-state index in [4.69, 9.17) is 27.1 Å². The Morgan fingerprint density at radius 1 is 1.00 bits per heavy atom. The third-order valence-corrected chi connectivity index (χ3v) is 7.31. The molecule has 174 valence electrons. The molecule has 0 aliphatic carbocycles. The number of nitrogens with one attached hydrogen (secondary N) is 1. The van der Waals surface area contributed by atoms with E-state index < -0.39 is 0 Å². The Hall–Kier alpha value is -3.87. The van der Waals surface area contributed by atoms with Crippen molar-refractivity contribution < 1.29 is 9.53 Å². The lowest BCUT2D eigenvalue weighted by atomic mass is 9.99. The average molecular weight is 500 g/mol. The first-order valence-electron chi connectivity index (χ1n) is 10.9. The second kappa shape index (κ2) is 9.41. The van der Waals surface area contributed by atoms with Crippen molar-refractivity contribution in [3.8, 4) is 28.1 Å². The summed E-state index contributed by atoms with van der Waals surface area (Å²) >= 11 is 7.51. The number of thiophene rings is 1. The van der Waals surface area contributed by atoms with E-state index >= 15 is 0 Å². The largest absolute Gasteiger partial charge is 0.497 e. The number of nitrogens with two attached hydrogens (primary N) is 1. The number of rotatable bonds is 5. The molecule has 0 saturated carbocycles. The number of aromatic nitrogens is 1. The average Bonchev–Trinajstić information content (AvgIpc) is 3.22. The lowest BCUT2D eigenvalue weighted by Gasteiger charge is -2.09. The van der Waals surface area contributed by atoms with Gasteiger partial charge >= 0.3 is 0 Å². The predicted molar refractivity (Wildman–Crippen MR) is 146 cm³/mol. The molecule has 35 heavy (non-hydrogen) atoms. The Morgan fingerprint density at radius 3 is 2.43 bits per heavy atom. The summed E-state index contributed by atoms with van der Waals surface area (Å²) in [4.78, 5) is 19.2. The SMILES string of the molecule is COc1ccc(-c2cc(-c3ccccc3)c3c(N)c(C(=O)Nc4ccc(C)c(Cl)c4)sc3n2)cc1. The maximum Gasteiger partial charge on any atom is 0.267 e.